The summed E-state index contributed by atoms with van der Waals surface area (Å²) >= 11 is 4.35. The number of anilines is 1. The highest BCUT2D eigenvalue weighted by atomic mass is 32.1. The molecule has 16 heavy (non-hydrogen) atoms. The van der Waals surface area contributed by atoms with E-state index in [2.05, 4.69) is 37.4 Å². The molecule has 0 bridgehead atoms. The largest absolute Gasteiger partial charge is 0.373 e. The average molecular weight is 234 g/mol. The first-order chi connectivity index (χ1) is 7.50. The molecule has 2 nitrogen and oxygen atoms in total. The van der Waals surface area contributed by atoms with Crippen LogP contribution in [0.25, 0.3) is 0 Å². The van der Waals surface area contributed by atoms with E-state index in [1.54, 1.807) is 0 Å². The maximum Gasteiger partial charge on any atom is 0.101 e. The second kappa shape index (κ2) is 5.27. The van der Waals surface area contributed by atoms with Crippen LogP contribution in [0.4, 0.5) is 5.69 Å². The summed E-state index contributed by atoms with van der Waals surface area (Å²) < 4.78 is 0. The van der Waals surface area contributed by atoms with Crippen molar-refractivity contribution in [1.29, 1.82) is 5.26 Å². The Hall–Kier alpha value is -1.14. The topological polar surface area (TPSA) is 27.0 Å². The Balaban J connectivity index is 2.89. The Bertz CT molecular complexity index is 393. The van der Waals surface area contributed by atoms with E-state index in [0.717, 1.165) is 23.5 Å². The number of benzene rings is 1. The van der Waals surface area contributed by atoms with Crippen LogP contribution < -0.4 is 4.90 Å². The maximum atomic E-state index is 9.03. The van der Waals surface area contributed by atoms with Crippen LogP contribution in [0.5, 0.6) is 0 Å². The SMILES string of the molecule is CN(CC(C)(C)CS)c1ccccc1C#N. The molecule has 0 radical (unpaired) electrons. The van der Waals surface area contributed by atoms with Crippen molar-refractivity contribution in [2.45, 2.75) is 13.8 Å². The summed E-state index contributed by atoms with van der Waals surface area (Å²) in [5, 5.41) is 9.03. The van der Waals surface area contributed by atoms with Gasteiger partial charge in [-0.3, -0.25) is 0 Å². The smallest absolute Gasteiger partial charge is 0.101 e. The molecular weight excluding hydrogens is 216 g/mol. The number of nitriles is 1. The second-order valence-electron chi connectivity index (χ2n) is 4.81. The van der Waals surface area contributed by atoms with Gasteiger partial charge in [-0.25, -0.2) is 0 Å². The molecule has 0 unspecified atom stereocenters. The summed E-state index contributed by atoms with van der Waals surface area (Å²) in [4.78, 5) is 2.12. The molecule has 0 amide bonds. The van der Waals surface area contributed by atoms with Crippen molar-refractivity contribution in [2.75, 3.05) is 24.2 Å². The van der Waals surface area contributed by atoms with Crippen molar-refractivity contribution in [2.24, 2.45) is 5.41 Å². The van der Waals surface area contributed by atoms with Crippen LogP contribution >= 0.6 is 12.6 Å². The third-order valence-corrected chi connectivity index (χ3v) is 3.39. The number of para-hydroxylation sites is 1. The molecule has 0 heterocycles. The highest BCUT2D eigenvalue weighted by Crippen LogP contribution is 2.24. The Labute approximate surface area is 103 Å². The lowest BCUT2D eigenvalue weighted by atomic mass is 9.95. The van der Waals surface area contributed by atoms with Gasteiger partial charge in [0.15, 0.2) is 0 Å². The minimum absolute atomic E-state index is 0.139. The standard InChI is InChI=1S/C13H18N2S/c1-13(2,10-16)9-15(3)12-7-5-4-6-11(12)8-14/h4-7,16H,9-10H2,1-3H3. The molecule has 0 spiro atoms. The van der Waals surface area contributed by atoms with Crippen molar-refractivity contribution in [3.05, 3.63) is 29.8 Å². The van der Waals surface area contributed by atoms with Crippen molar-refractivity contribution in [1.82, 2.24) is 0 Å². The number of hydrogen-bond acceptors (Lipinski definition) is 3. The zero-order valence-corrected chi connectivity index (χ0v) is 11.0. The van der Waals surface area contributed by atoms with Crippen LogP contribution in [0.1, 0.15) is 19.4 Å². The van der Waals surface area contributed by atoms with Gasteiger partial charge in [0.1, 0.15) is 6.07 Å². The van der Waals surface area contributed by atoms with Gasteiger partial charge in [-0.1, -0.05) is 26.0 Å². The van der Waals surface area contributed by atoms with Crippen LogP contribution in [0.3, 0.4) is 0 Å². The molecule has 0 aliphatic heterocycles. The van der Waals surface area contributed by atoms with Crippen LogP contribution in [-0.2, 0) is 0 Å². The molecule has 1 aromatic rings. The normalized spacial score (nSPS) is 10.9. The first-order valence-corrected chi connectivity index (χ1v) is 5.94. The summed E-state index contributed by atoms with van der Waals surface area (Å²) in [6.45, 7) is 5.23. The summed E-state index contributed by atoms with van der Waals surface area (Å²) in [6, 6.07) is 9.89. The Morgan fingerprint density at radius 3 is 2.56 bits per heavy atom. The fourth-order valence-corrected chi connectivity index (χ4v) is 1.78. The van der Waals surface area contributed by atoms with Gasteiger partial charge in [0.2, 0.25) is 0 Å². The zero-order valence-electron chi connectivity index (χ0n) is 10.1. The van der Waals surface area contributed by atoms with E-state index >= 15 is 0 Å². The molecule has 0 aromatic heterocycles. The van der Waals surface area contributed by atoms with Crippen LogP contribution in [-0.4, -0.2) is 19.3 Å². The van der Waals surface area contributed by atoms with E-state index in [1.807, 2.05) is 31.3 Å². The Morgan fingerprint density at radius 1 is 1.38 bits per heavy atom. The quantitative estimate of drug-likeness (QED) is 0.811. The average Bonchev–Trinajstić information content (AvgIpc) is 2.28. The highest BCUT2D eigenvalue weighted by molar-refractivity contribution is 7.80. The molecular formula is C13H18N2S. The van der Waals surface area contributed by atoms with Gasteiger partial charge in [-0.2, -0.15) is 17.9 Å². The van der Waals surface area contributed by atoms with Crippen molar-refractivity contribution in [3.8, 4) is 6.07 Å². The molecule has 0 aliphatic rings. The molecule has 3 heteroatoms. The minimum Gasteiger partial charge on any atom is -0.373 e. The van der Waals surface area contributed by atoms with Gasteiger partial charge >= 0.3 is 0 Å². The number of nitrogens with zero attached hydrogens (tertiary/aromatic N) is 2. The number of thiol groups is 1. The van der Waals surface area contributed by atoms with Crippen molar-refractivity contribution in [3.63, 3.8) is 0 Å². The molecule has 0 saturated heterocycles. The first-order valence-electron chi connectivity index (χ1n) is 5.31. The van der Waals surface area contributed by atoms with Gasteiger partial charge in [-0.05, 0) is 23.3 Å². The summed E-state index contributed by atoms with van der Waals surface area (Å²) in [7, 11) is 2.02. The van der Waals surface area contributed by atoms with Crippen LogP contribution in [0, 0.1) is 16.7 Å². The predicted molar refractivity (Wildman–Crippen MR) is 72.1 cm³/mol. The van der Waals surface area contributed by atoms with E-state index in [1.165, 1.54) is 0 Å². The minimum atomic E-state index is 0.139. The van der Waals surface area contributed by atoms with Gasteiger partial charge in [0.05, 0.1) is 11.3 Å². The van der Waals surface area contributed by atoms with Gasteiger partial charge in [0.25, 0.3) is 0 Å². The van der Waals surface area contributed by atoms with E-state index in [9.17, 15) is 0 Å². The van der Waals surface area contributed by atoms with Gasteiger partial charge < -0.3 is 4.90 Å². The third-order valence-electron chi connectivity index (χ3n) is 2.53. The van der Waals surface area contributed by atoms with E-state index in [4.69, 9.17) is 5.26 Å². The van der Waals surface area contributed by atoms with Crippen molar-refractivity contribution < 1.29 is 0 Å². The lowest BCUT2D eigenvalue weighted by Gasteiger charge is -2.30. The maximum absolute atomic E-state index is 9.03. The second-order valence-corrected chi connectivity index (χ2v) is 5.12. The first kappa shape index (κ1) is 12.9. The predicted octanol–water partition coefficient (Wildman–Crippen LogP) is 2.95. The van der Waals surface area contributed by atoms with E-state index in [-0.39, 0.29) is 5.41 Å². The van der Waals surface area contributed by atoms with Crippen molar-refractivity contribution >= 4 is 18.3 Å². The molecule has 0 saturated carbocycles. The fourth-order valence-electron chi connectivity index (χ4n) is 1.68. The lowest BCUT2D eigenvalue weighted by molar-refractivity contribution is 0.430. The number of rotatable bonds is 4. The van der Waals surface area contributed by atoms with Crippen LogP contribution in [0.15, 0.2) is 24.3 Å². The Kier molecular flexibility index (Phi) is 4.26. The Morgan fingerprint density at radius 2 is 2.00 bits per heavy atom. The van der Waals surface area contributed by atoms with Crippen LogP contribution in [0.2, 0.25) is 0 Å². The molecule has 0 atom stereocenters. The summed E-state index contributed by atoms with van der Waals surface area (Å²) in [5.41, 5.74) is 1.85. The molecule has 1 aromatic carbocycles. The molecule has 0 aliphatic carbocycles. The highest BCUT2D eigenvalue weighted by Gasteiger charge is 2.19. The van der Waals surface area contributed by atoms with E-state index in [0.29, 0.717) is 0 Å². The number of hydrogen-bond donors (Lipinski definition) is 1. The van der Waals surface area contributed by atoms with E-state index < -0.39 is 0 Å². The zero-order chi connectivity index (χ0) is 12.2. The fraction of sp³-hybridized carbons (Fsp3) is 0.462. The van der Waals surface area contributed by atoms with Gasteiger partial charge in [-0.15, -0.1) is 0 Å². The molecule has 1 rings (SSSR count). The summed E-state index contributed by atoms with van der Waals surface area (Å²) in [5.74, 6) is 0.825. The van der Waals surface area contributed by atoms with Gasteiger partial charge in [0, 0.05) is 13.6 Å². The lowest BCUT2D eigenvalue weighted by Crippen LogP contribution is -2.32. The molecule has 0 fully saturated rings. The molecule has 0 N–H and O–H groups in total. The monoisotopic (exact) mass is 234 g/mol. The third kappa shape index (κ3) is 3.18. The molecule has 86 valence electrons. The summed E-state index contributed by atoms with van der Waals surface area (Å²) in [6.07, 6.45) is 0.